The van der Waals surface area contributed by atoms with Crippen molar-refractivity contribution in [1.82, 2.24) is 9.66 Å². The van der Waals surface area contributed by atoms with E-state index in [2.05, 4.69) is 26.0 Å². The summed E-state index contributed by atoms with van der Waals surface area (Å²) >= 11 is 3.39. The van der Waals surface area contributed by atoms with Gasteiger partial charge in [0.15, 0.2) is 0 Å². The molecule has 0 unspecified atom stereocenters. The molecule has 32 heavy (non-hydrogen) atoms. The SMILES string of the molecule is CCOC(=O)c1ccc(-c2ccc(C=Nn3c(CC)nc4ccc(Br)cc4c3=O)o2)cc1. The maximum Gasteiger partial charge on any atom is 0.338 e. The van der Waals surface area contributed by atoms with Gasteiger partial charge in [-0.2, -0.15) is 9.78 Å². The number of rotatable bonds is 6. The zero-order valence-corrected chi connectivity index (χ0v) is 19.1. The number of carbonyl (C=O) groups is 1. The lowest BCUT2D eigenvalue weighted by molar-refractivity contribution is 0.0526. The lowest BCUT2D eigenvalue weighted by Gasteiger charge is -2.07. The van der Waals surface area contributed by atoms with Gasteiger partial charge in [0.2, 0.25) is 0 Å². The van der Waals surface area contributed by atoms with Crippen molar-refractivity contribution in [2.45, 2.75) is 20.3 Å². The molecule has 0 saturated carbocycles. The fraction of sp³-hybridized carbons (Fsp3) is 0.167. The number of nitrogens with zero attached hydrogens (tertiary/aromatic N) is 3. The molecular weight excluding hydrogens is 474 g/mol. The molecular formula is C24H20BrN3O4. The van der Waals surface area contributed by atoms with Crippen LogP contribution in [0.1, 0.15) is 35.8 Å². The third kappa shape index (κ3) is 4.40. The Kier molecular flexibility index (Phi) is 6.32. The molecule has 7 nitrogen and oxygen atoms in total. The van der Waals surface area contributed by atoms with Crippen LogP contribution >= 0.6 is 15.9 Å². The molecule has 2 aromatic carbocycles. The third-order valence-corrected chi connectivity index (χ3v) is 5.29. The van der Waals surface area contributed by atoms with Gasteiger partial charge in [-0.15, -0.1) is 0 Å². The Hall–Kier alpha value is -3.52. The summed E-state index contributed by atoms with van der Waals surface area (Å²) in [5, 5.41) is 4.82. The molecule has 2 heterocycles. The van der Waals surface area contributed by atoms with Gasteiger partial charge < -0.3 is 9.15 Å². The fourth-order valence-corrected chi connectivity index (χ4v) is 3.58. The number of aryl methyl sites for hydroxylation is 1. The number of hydrogen-bond donors (Lipinski definition) is 0. The van der Waals surface area contributed by atoms with E-state index in [1.54, 1.807) is 55.5 Å². The molecule has 2 aromatic heterocycles. The van der Waals surface area contributed by atoms with Crippen LogP contribution in [-0.4, -0.2) is 28.5 Å². The Balaban J connectivity index is 1.62. The van der Waals surface area contributed by atoms with Crippen molar-refractivity contribution < 1.29 is 13.9 Å². The summed E-state index contributed by atoms with van der Waals surface area (Å²) in [6, 6.07) is 15.9. The van der Waals surface area contributed by atoms with Gasteiger partial charge in [0.25, 0.3) is 5.56 Å². The summed E-state index contributed by atoms with van der Waals surface area (Å²) in [6.45, 7) is 4.01. The summed E-state index contributed by atoms with van der Waals surface area (Å²) in [5.41, 5.74) is 1.67. The van der Waals surface area contributed by atoms with Crippen LogP contribution in [0.25, 0.3) is 22.2 Å². The lowest BCUT2D eigenvalue weighted by Crippen LogP contribution is -2.22. The molecule has 0 radical (unpaired) electrons. The second-order valence-electron chi connectivity index (χ2n) is 6.90. The zero-order chi connectivity index (χ0) is 22.7. The number of aromatic nitrogens is 2. The van der Waals surface area contributed by atoms with Crippen molar-refractivity contribution in [3.8, 4) is 11.3 Å². The van der Waals surface area contributed by atoms with Gasteiger partial charge in [0.1, 0.15) is 17.3 Å². The highest BCUT2D eigenvalue weighted by atomic mass is 79.9. The Labute approximate surface area is 192 Å². The number of ether oxygens (including phenoxy) is 1. The molecule has 8 heteroatoms. The van der Waals surface area contributed by atoms with Crippen LogP contribution in [0.3, 0.4) is 0 Å². The summed E-state index contributed by atoms with van der Waals surface area (Å²) < 4.78 is 12.9. The second kappa shape index (κ2) is 9.32. The maximum absolute atomic E-state index is 13.0. The molecule has 0 bridgehead atoms. The smallest absolute Gasteiger partial charge is 0.338 e. The van der Waals surface area contributed by atoms with Crippen molar-refractivity contribution in [2.75, 3.05) is 6.61 Å². The van der Waals surface area contributed by atoms with Crippen LogP contribution in [0, 0.1) is 0 Å². The zero-order valence-electron chi connectivity index (χ0n) is 17.5. The number of halogens is 1. The number of carbonyl (C=O) groups excluding carboxylic acids is 1. The third-order valence-electron chi connectivity index (χ3n) is 4.80. The minimum Gasteiger partial charge on any atom is -0.462 e. The molecule has 0 aliphatic rings. The maximum atomic E-state index is 13.0. The number of furan rings is 1. The molecule has 0 spiro atoms. The average molecular weight is 494 g/mol. The Morgan fingerprint density at radius 3 is 2.66 bits per heavy atom. The van der Waals surface area contributed by atoms with Crippen LogP contribution in [0.2, 0.25) is 0 Å². The predicted octanol–water partition coefficient (Wildman–Crippen LogP) is 5.04. The molecule has 0 fully saturated rings. The standard InChI is InChI=1S/C24H20BrN3O4/c1-3-22-27-20-11-9-17(25)13-19(20)23(29)28(22)26-14-18-10-12-21(32-18)15-5-7-16(8-6-15)24(30)31-4-2/h5-14H,3-4H2,1-2H3. The van der Waals surface area contributed by atoms with Crippen molar-refractivity contribution in [2.24, 2.45) is 5.10 Å². The molecule has 0 aliphatic carbocycles. The highest BCUT2D eigenvalue weighted by Crippen LogP contribution is 2.22. The summed E-state index contributed by atoms with van der Waals surface area (Å²) in [7, 11) is 0. The van der Waals surface area contributed by atoms with Crippen LogP contribution in [0.5, 0.6) is 0 Å². The molecule has 0 saturated heterocycles. The van der Waals surface area contributed by atoms with Crippen LogP contribution in [0.15, 0.2) is 73.4 Å². The monoisotopic (exact) mass is 493 g/mol. The number of fused-ring (bicyclic) bond motifs is 1. The summed E-state index contributed by atoms with van der Waals surface area (Å²) in [6.07, 6.45) is 2.04. The first-order valence-corrected chi connectivity index (χ1v) is 10.9. The quantitative estimate of drug-likeness (QED) is 0.277. The van der Waals surface area contributed by atoms with Gasteiger partial charge in [-0.05, 0) is 49.4 Å². The van der Waals surface area contributed by atoms with E-state index in [-0.39, 0.29) is 11.5 Å². The van der Waals surface area contributed by atoms with E-state index < -0.39 is 0 Å². The summed E-state index contributed by atoms with van der Waals surface area (Å²) in [4.78, 5) is 29.3. The summed E-state index contributed by atoms with van der Waals surface area (Å²) in [5.74, 6) is 1.30. The van der Waals surface area contributed by atoms with Crippen molar-refractivity contribution in [3.63, 3.8) is 0 Å². The van der Waals surface area contributed by atoms with Crippen molar-refractivity contribution in [1.29, 1.82) is 0 Å². The second-order valence-corrected chi connectivity index (χ2v) is 7.82. The molecule has 4 aromatic rings. The first-order valence-electron chi connectivity index (χ1n) is 10.1. The Bertz CT molecular complexity index is 1370. The minimum absolute atomic E-state index is 0.245. The number of hydrogen-bond acceptors (Lipinski definition) is 6. The van der Waals surface area contributed by atoms with Crippen LogP contribution in [-0.2, 0) is 11.2 Å². The molecule has 0 N–H and O–H groups in total. The van der Waals surface area contributed by atoms with Crippen LogP contribution in [0.4, 0.5) is 0 Å². The molecule has 0 aliphatic heterocycles. The Morgan fingerprint density at radius 1 is 1.16 bits per heavy atom. The first-order chi connectivity index (χ1) is 15.5. The van der Waals surface area contributed by atoms with Crippen LogP contribution < -0.4 is 5.56 Å². The van der Waals surface area contributed by atoms with Gasteiger partial charge in [-0.1, -0.05) is 35.0 Å². The number of benzene rings is 2. The molecule has 4 rings (SSSR count). The predicted molar refractivity (Wildman–Crippen MR) is 126 cm³/mol. The van der Waals surface area contributed by atoms with E-state index in [9.17, 15) is 9.59 Å². The van der Waals surface area contributed by atoms with Crippen molar-refractivity contribution in [3.05, 3.63) is 86.6 Å². The van der Waals surface area contributed by atoms with Gasteiger partial charge in [-0.25, -0.2) is 9.78 Å². The highest BCUT2D eigenvalue weighted by Gasteiger charge is 2.11. The van der Waals surface area contributed by atoms with E-state index in [1.165, 1.54) is 10.9 Å². The van der Waals surface area contributed by atoms with Gasteiger partial charge in [0, 0.05) is 16.5 Å². The molecule has 0 amide bonds. The van der Waals surface area contributed by atoms with Gasteiger partial charge in [-0.3, -0.25) is 4.79 Å². The highest BCUT2D eigenvalue weighted by molar-refractivity contribution is 9.10. The first kappa shape index (κ1) is 21.7. The minimum atomic E-state index is -0.362. The van der Waals surface area contributed by atoms with Crippen molar-refractivity contribution >= 4 is 39.0 Å². The normalized spacial score (nSPS) is 11.3. The fourth-order valence-electron chi connectivity index (χ4n) is 3.22. The van der Waals surface area contributed by atoms with E-state index in [1.807, 2.05) is 13.0 Å². The topological polar surface area (TPSA) is 86.7 Å². The lowest BCUT2D eigenvalue weighted by atomic mass is 10.1. The Morgan fingerprint density at radius 2 is 1.94 bits per heavy atom. The molecule has 0 atom stereocenters. The molecule has 162 valence electrons. The largest absolute Gasteiger partial charge is 0.462 e. The number of esters is 1. The van der Waals surface area contributed by atoms with E-state index in [0.717, 1.165) is 10.0 Å². The van der Waals surface area contributed by atoms with Gasteiger partial charge >= 0.3 is 5.97 Å². The van der Waals surface area contributed by atoms with E-state index in [0.29, 0.717) is 46.8 Å². The average Bonchev–Trinajstić information content (AvgIpc) is 3.28. The van der Waals surface area contributed by atoms with E-state index in [4.69, 9.17) is 9.15 Å². The van der Waals surface area contributed by atoms with Gasteiger partial charge in [0.05, 0.1) is 29.3 Å². The van der Waals surface area contributed by atoms with E-state index >= 15 is 0 Å².